The molecule has 162 valence electrons. The molecule has 1 aromatic heterocycles. The summed E-state index contributed by atoms with van der Waals surface area (Å²) < 4.78 is 25.1. The average molecular weight is 415 g/mol. The molecule has 0 amide bonds. The number of benzene rings is 1. The molecule has 1 aromatic carbocycles. The quantitative estimate of drug-likeness (QED) is 0.538. The Bertz CT molecular complexity index is 805. The molecule has 2 aliphatic heterocycles. The average Bonchev–Trinajstić information content (AvgIpc) is 3.47. The Kier molecular flexibility index (Phi) is 7.24. The molecule has 0 spiro atoms. The number of ether oxygens (including phenoxy) is 1. The Morgan fingerprint density at radius 2 is 2.13 bits per heavy atom. The van der Waals surface area contributed by atoms with E-state index in [1.54, 1.807) is 12.3 Å². The molecule has 2 saturated heterocycles. The number of furan rings is 1. The second-order valence-electron chi connectivity index (χ2n) is 8.06. The monoisotopic (exact) mass is 414 g/mol. The zero-order valence-corrected chi connectivity index (χ0v) is 17.4. The highest BCUT2D eigenvalue weighted by molar-refractivity contribution is 5.80. The van der Waals surface area contributed by atoms with Crippen LogP contribution in [0, 0.1) is 11.7 Å². The van der Waals surface area contributed by atoms with Gasteiger partial charge >= 0.3 is 0 Å². The van der Waals surface area contributed by atoms with E-state index in [0.717, 1.165) is 76.8 Å². The van der Waals surface area contributed by atoms with Crippen LogP contribution in [0.3, 0.4) is 0 Å². The number of aliphatic imine (C=N–C) groups is 1. The molecule has 7 heteroatoms. The summed E-state index contributed by atoms with van der Waals surface area (Å²) in [5, 5.41) is 7.02. The summed E-state index contributed by atoms with van der Waals surface area (Å²) >= 11 is 0. The number of para-hydroxylation sites is 1. The van der Waals surface area contributed by atoms with Crippen molar-refractivity contribution < 1.29 is 13.5 Å². The first-order valence-electron chi connectivity index (χ1n) is 10.9. The van der Waals surface area contributed by atoms with E-state index in [1.807, 2.05) is 24.3 Å². The standard InChI is InChI=1S/C23H31FN4O2/c24-21-7-1-2-8-22(21)28-12-3-5-19(16-28)27-23(26-15-18-10-14-29-17-18)25-11-9-20-6-4-13-30-20/h1-2,4,6-8,13,18-19H,3,5,9-12,14-17H2,(H2,25,26,27). The molecule has 2 fully saturated rings. The Morgan fingerprint density at radius 1 is 1.20 bits per heavy atom. The van der Waals surface area contributed by atoms with Gasteiger partial charge in [0.25, 0.3) is 0 Å². The Morgan fingerprint density at radius 3 is 2.93 bits per heavy atom. The van der Waals surface area contributed by atoms with Crippen LogP contribution in [0.2, 0.25) is 0 Å². The van der Waals surface area contributed by atoms with Crippen molar-refractivity contribution in [1.82, 2.24) is 10.6 Å². The van der Waals surface area contributed by atoms with Crippen molar-refractivity contribution in [1.29, 1.82) is 0 Å². The lowest BCUT2D eigenvalue weighted by molar-refractivity contribution is 0.187. The van der Waals surface area contributed by atoms with Crippen molar-refractivity contribution >= 4 is 11.6 Å². The summed E-state index contributed by atoms with van der Waals surface area (Å²) in [7, 11) is 0. The highest BCUT2D eigenvalue weighted by atomic mass is 19.1. The Hall–Kier alpha value is -2.54. The van der Waals surface area contributed by atoms with Gasteiger partial charge in [-0.3, -0.25) is 4.99 Å². The number of piperidine rings is 1. The van der Waals surface area contributed by atoms with Crippen molar-refractivity contribution in [3.05, 3.63) is 54.2 Å². The maximum absolute atomic E-state index is 14.2. The van der Waals surface area contributed by atoms with Gasteiger partial charge < -0.3 is 24.7 Å². The second-order valence-corrected chi connectivity index (χ2v) is 8.06. The Balaban J connectivity index is 1.36. The normalized spacial score (nSPS) is 22.3. The minimum absolute atomic E-state index is 0.162. The van der Waals surface area contributed by atoms with Crippen LogP contribution in [0.25, 0.3) is 0 Å². The van der Waals surface area contributed by atoms with Crippen molar-refractivity contribution in [3.63, 3.8) is 0 Å². The molecule has 2 N–H and O–H groups in total. The summed E-state index contributed by atoms with van der Waals surface area (Å²) in [6, 6.07) is 11.1. The molecule has 2 atom stereocenters. The topological polar surface area (TPSA) is 62.0 Å². The molecule has 0 saturated carbocycles. The first-order valence-corrected chi connectivity index (χ1v) is 10.9. The molecule has 3 heterocycles. The van der Waals surface area contributed by atoms with Crippen LogP contribution in [0.15, 0.2) is 52.1 Å². The fraction of sp³-hybridized carbons (Fsp3) is 0.522. The third kappa shape index (κ3) is 5.75. The van der Waals surface area contributed by atoms with E-state index in [-0.39, 0.29) is 11.9 Å². The van der Waals surface area contributed by atoms with E-state index in [0.29, 0.717) is 11.6 Å². The molecular weight excluding hydrogens is 383 g/mol. The number of hydrogen-bond donors (Lipinski definition) is 2. The zero-order chi connectivity index (χ0) is 20.6. The molecule has 2 unspecified atom stereocenters. The number of hydrogen-bond acceptors (Lipinski definition) is 4. The van der Waals surface area contributed by atoms with Crippen LogP contribution in [0.5, 0.6) is 0 Å². The summed E-state index contributed by atoms with van der Waals surface area (Å²) in [6.45, 7) is 4.73. The lowest BCUT2D eigenvalue weighted by Crippen LogP contribution is -2.51. The van der Waals surface area contributed by atoms with Gasteiger partial charge in [0.2, 0.25) is 0 Å². The molecule has 2 aliphatic rings. The van der Waals surface area contributed by atoms with Gasteiger partial charge in [-0.15, -0.1) is 0 Å². The van der Waals surface area contributed by atoms with Crippen molar-refractivity contribution in [2.75, 3.05) is 44.3 Å². The van der Waals surface area contributed by atoms with Gasteiger partial charge in [0.05, 0.1) is 18.6 Å². The number of guanidine groups is 1. The van der Waals surface area contributed by atoms with Crippen LogP contribution in [0.1, 0.15) is 25.0 Å². The molecule has 4 rings (SSSR count). The predicted octanol–water partition coefficient (Wildman–Crippen LogP) is 3.20. The van der Waals surface area contributed by atoms with E-state index in [1.165, 1.54) is 6.07 Å². The van der Waals surface area contributed by atoms with Crippen molar-refractivity contribution in [3.8, 4) is 0 Å². The second kappa shape index (κ2) is 10.5. The SMILES string of the molecule is Fc1ccccc1N1CCCC(NC(=NCC2CCOC2)NCCc2ccco2)C1. The van der Waals surface area contributed by atoms with E-state index in [4.69, 9.17) is 14.1 Å². The smallest absolute Gasteiger partial charge is 0.191 e. The van der Waals surface area contributed by atoms with Gasteiger partial charge in [-0.05, 0) is 43.5 Å². The third-order valence-corrected chi connectivity index (χ3v) is 5.73. The number of anilines is 1. The number of halogens is 1. The number of rotatable bonds is 7. The molecule has 0 radical (unpaired) electrons. The zero-order valence-electron chi connectivity index (χ0n) is 17.4. The fourth-order valence-corrected chi connectivity index (χ4v) is 4.07. The number of nitrogens with zero attached hydrogens (tertiary/aromatic N) is 2. The van der Waals surface area contributed by atoms with E-state index >= 15 is 0 Å². The summed E-state index contributed by atoms with van der Waals surface area (Å²) in [6.07, 6.45) is 5.61. The van der Waals surface area contributed by atoms with Crippen LogP contribution in [-0.2, 0) is 11.2 Å². The van der Waals surface area contributed by atoms with E-state index < -0.39 is 0 Å². The highest BCUT2D eigenvalue weighted by Crippen LogP contribution is 2.23. The molecule has 0 bridgehead atoms. The van der Waals surface area contributed by atoms with Gasteiger partial charge in [0.15, 0.2) is 5.96 Å². The van der Waals surface area contributed by atoms with Gasteiger partial charge in [0, 0.05) is 51.2 Å². The lowest BCUT2D eigenvalue weighted by Gasteiger charge is -2.35. The first kappa shape index (κ1) is 20.7. The summed E-state index contributed by atoms with van der Waals surface area (Å²) in [5.74, 6) is 2.09. The van der Waals surface area contributed by atoms with Gasteiger partial charge in [0.1, 0.15) is 11.6 Å². The van der Waals surface area contributed by atoms with Crippen LogP contribution in [0.4, 0.5) is 10.1 Å². The van der Waals surface area contributed by atoms with Crippen LogP contribution in [-0.4, -0.2) is 51.4 Å². The largest absolute Gasteiger partial charge is 0.469 e. The molecule has 6 nitrogen and oxygen atoms in total. The molecule has 0 aliphatic carbocycles. The van der Waals surface area contributed by atoms with E-state index in [2.05, 4.69) is 15.5 Å². The van der Waals surface area contributed by atoms with Crippen molar-refractivity contribution in [2.45, 2.75) is 31.7 Å². The maximum atomic E-state index is 14.2. The Labute approximate surface area is 177 Å². The fourth-order valence-electron chi connectivity index (χ4n) is 4.07. The molecule has 30 heavy (non-hydrogen) atoms. The van der Waals surface area contributed by atoms with Gasteiger partial charge in [-0.1, -0.05) is 12.1 Å². The summed E-state index contributed by atoms with van der Waals surface area (Å²) in [4.78, 5) is 6.95. The van der Waals surface area contributed by atoms with Crippen LogP contribution < -0.4 is 15.5 Å². The predicted molar refractivity (Wildman–Crippen MR) is 116 cm³/mol. The minimum atomic E-state index is -0.162. The maximum Gasteiger partial charge on any atom is 0.191 e. The van der Waals surface area contributed by atoms with Crippen LogP contribution >= 0.6 is 0 Å². The van der Waals surface area contributed by atoms with Crippen molar-refractivity contribution in [2.24, 2.45) is 10.9 Å². The molecule has 2 aromatic rings. The van der Waals surface area contributed by atoms with E-state index in [9.17, 15) is 4.39 Å². The lowest BCUT2D eigenvalue weighted by atomic mass is 10.0. The third-order valence-electron chi connectivity index (χ3n) is 5.73. The minimum Gasteiger partial charge on any atom is -0.469 e. The van der Waals surface area contributed by atoms with Gasteiger partial charge in [-0.25, -0.2) is 4.39 Å². The number of nitrogens with one attached hydrogen (secondary N) is 2. The first-order chi connectivity index (χ1) is 14.8. The van der Waals surface area contributed by atoms with Gasteiger partial charge in [-0.2, -0.15) is 0 Å². The molecular formula is C23H31FN4O2. The summed E-state index contributed by atoms with van der Waals surface area (Å²) in [5.41, 5.74) is 0.677. The highest BCUT2D eigenvalue weighted by Gasteiger charge is 2.23.